The number of hydrogen-bond acceptors (Lipinski definition) is 0. The van der Waals surface area contributed by atoms with E-state index in [4.69, 9.17) is 0 Å². The highest BCUT2D eigenvalue weighted by Crippen LogP contribution is 2.40. The Morgan fingerprint density at radius 1 is 1.22 bits per heavy atom. The van der Waals surface area contributed by atoms with Gasteiger partial charge in [0.2, 0.25) is 0 Å². The Morgan fingerprint density at radius 2 is 2.11 bits per heavy atom. The van der Waals surface area contributed by atoms with Gasteiger partial charge in [0.05, 0.1) is 0 Å². The van der Waals surface area contributed by atoms with Gasteiger partial charge < -0.3 is 0 Å². The van der Waals surface area contributed by atoms with E-state index in [-0.39, 0.29) is 0 Å². The lowest BCUT2D eigenvalue weighted by Gasteiger charge is -2.17. The molecule has 0 amide bonds. The molecule has 0 aromatic rings. The molecule has 0 radical (unpaired) electrons. The van der Waals surface area contributed by atoms with E-state index in [2.05, 4.69) is 28.1 Å². The summed E-state index contributed by atoms with van der Waals surface area (Å²) >= 11 is 3.65. The van der Waals surface area contributed by atoms with Crippen molar-refractivity contribution in [2.24, 2.45) is 11.8 Å². The van der Waals surface area contributed by atoms with Gasteiger partial charge in [-0.2, -0.15) is 0 Å². The molecule has 0 heterocycles. The second-order valence-corrected chi connectivity index (χ2v) is 4.22. The van der Waals surface area contributed by atoms with Crippen LogP contribution in [0.5, 0.6) is 0 Å². The van der Waals surface area contributed by atoms with E-state index in [9.17, 15) is 0 Å². The lowest BCUT2D eigenvalue weighted by atomic mass is 9.96. The van der Waals surface area contributed by atoms with Crippen LogP contribution >= 0.6 is 15.9 Å². The van der Waals surface area contributed by atoms with Crippen LogP contribution in [0.2, 0.25) is 0 Å². The molecule has 2 rings (SSSR count). The zero-order valence-corrected chi connectivity index (χ0v) is 6.97. The highest BCUT2D eigenvalue weighted by molar-refractivity contribution is 9.09. The lowest BCUT2D eigenvalue weighted by Crippen LogP contribution is -2.11. The first-order valence-electron chi connectivity index (χ1n) is 3.68. The molecule has 1 fully saturated rings. The SMILES string of the molecule is BrC1C=CC2CCC1C2. The molecule has 2 aliphatic carbocycles. The summed E-state index contributed by atoms with van der Waals surface area (Å²) < 4.78 is 0. The topological polar surface area (TPSA) is 0 Å². The van der Waals surface area contributed by atoms with E-state index in [1.54, 1.807) is 0 Å². The molecule has 2 bridgehead atoms. The molecule has 1 saturated carbocycles. The van der Waals surface area contributed by atoms with Crippen LogP contribution in [0.25, 0.3) is 0 Å². The summed E-state index contributed by atoms with van der Waals surface area (Å²) in [6, 6.07) is 0. The molecule has 0 saturated heterocycles. The summed E-state index contributed by atoms with van der Waals surface area (Å²) in [5.41, 5.74) is 0. The molecule has 9 heavy (non-hydrogen) atoms. The number of fused-ring (bicyclic) bond motifs is 2. The first-order valence-corrected chi connectivity index (χ1v) is 4.60. The molecule has 3 atom stereocenters. The van der Waals surface area contributed by atoms with Gasteiger partial charge in [-0.05, 0) is 31.1 Å². The predicted octanol–water partition coefficient (Wildman–Crippen LogP) is 2.74. The van der Waals surface area contributed by atoms with Gasteiger partial charge >= 0.3 is 0 Å². The highest BCUT2D eigenvalue weighted by atomic mass is 79.9. The lowest BCUT2D eigenvalue weighted by molar-refractivity contribution is 0.535. The predicted molar refractivity (Wildman–Crippen MR) is 42.7 cm³/mol. The fourth-order valence-electron chi connectivity index (χ4n) is 1.94. The van der Waals surface area contributed by atoms with Crippen LogP contribution in [-0.4, -0.2) is 4.83 Å². The molecule has 1 heteroatoms. The summed E-state index contributed by atoms with van der Waals surface area (Å²) in [6.45, 7) is 0. The van der Waals surface area contributed by atoms with Crippen molar-refractivity contribution in [3.8, 4) is 0 Å². The molecule has 0 nitrogen and oxygen atoms in total. The van der Waals surface area contributed by atoms with Crippen molar-refractivity contribution >= 4 is 15.9 Å². The Kier molecular flexibility index (Phi) is 1.40. The number of alkyl halides is 1. The maximum atomic E-state index is 3.65. The Morgan fingerprint density at radius 3 is 2.89 bits per heavy atom. The first kappa shape index (κ1) is 5.96. The van der Waals surface area contributed by atoms with E-state index >= 15 is 0 Å². The zero-order chi connectivity index (χ0) is 6.27. The average Bonchev–Trinajstić information content (AvgIpc) is 2.25. The van der Waals surface area contributed by atoms with Crippen molar-refractivity contribution in [3.05, 3.63) is 12.2 Å². The van der Waals surface area contributed by atoms with Crippen LogP contribution in [0.15, 0.2) is 12.2 Å². The minimum Gasteiger partial charge on any atom is -0.0843 e. The molecule has 2 aliphatic rings. The largest absolute Gasteiger partial charge is 0.0843 e. The van der Waals surface area contributed by atoms with Gasteiger partial charge in [-0.1, -0.05) is 28.1 Å². The minimum atomic E-state index is 0.691. The third-order valence-corrected chi connectivity index (χ3v) is 3.58. The molecule has 0 aromatic carbocycles. The number of allylic oxidation sites excluding steroid dienone is 2. The Labute approximate surface area is 64.5 Å². The number of rotatable bonds is 0. The Hall–Kier alpha value is 0.220. The maximum Gasteiger partial charge on any atom is 0.0353 e. The summed E-state index contributed by atoms with van der Waals surface area (Å²) in [4.78, 5) is 0.691. The van der Waals surface area contributed by atoms with Crippen LogP contribution in [0.3, 0.4) is 0 Å². The quantitative estimate of drug-likeness (QED) is 0.404. The van der Waals surface area contributed by atoms with Gasteiger partial charge in [-0.3, -0.25) is 0 Å². The maximum absolute atomic E-state index is 3.65. The van der Waals surface area contributed by atoms with Crippen LogP contribution < -0.4 is 0 Å². The van der Waals surface area contributed by atoms with Crippen molar-refractivity contribution in [3.63, 3.8) is 0 Å². The van der Waals surface area contributed by atoms with Gasteiger partial charge in [0.15, 0.2) is 0 Å². The first-order chi connectivity index (χ1) is 4.36. The third-order valence-electron chi connectivity index (χ3n) is 2.53. The monoisotopic (exact) mass is 186 g/mol. The van der Waals surface area contributed by atoms with Crippen molar-refractivity contribution in [1.82, 2.24) is 0 Å². The molecule has 0 N–H and O–H groups in total. The molecule has 0 aromatic heterocycles. The number of hydrogen-bond donors (Lipinski definition) is 0. The fourth-order valence-corrected chi connectivity index (χ4v) is 2.59. The van der Waals surface area contributed by atoms with Crippen molar-refractivity contribution < 1.29 is 0 Å². The summed E-state index contributed by atoms with van der Waals surface area (Å²) in [6.07, 6.45) is 9.01. The van der Waals surface area contributed by atoms with Crippen molar-refractivity contribution in [2.75, 3.05) is 0 Å². The standard InChI is InChI=1S/C8H11Br/c9-8-4-2-6-1-3-7(8)5-6/h2,4,6-8H,1,3,5H2. The molecule has 0 spiro atoms. The van der Waals surface area contributed by atoms with E-state index in [0.717, 1.165) is 11.8 Å². The second kappa shape index (κ2) is 2.12. The second-order valence-electron chi connectivity index (χ2n) is 3.16. The molecule has 3 unspecified atom stereocenters. The molecule has 0 aliphatic heterocycles. The van der Waals surface area contributed by atoms with Crippen LogP contribution in [0.1, 0.15) is 19.3 Å². The van der Waals surface area contributed by atoms with Gasteiger partial charge in [-0.15, -0.1) is 0 Å². The van der Waals surface area contributed by atoms with Crippen molar-refractivity contribution in [1.29, 1.82) is 0 Å². The minimum absolute atomic E-state index is 0.691. The third kappa shape index (κ3) is 0.958. The van der Waals surface area contributed by atoms with Crippen LogP contribution in [0, 0.1) is 11.8 Å². The van der Waals surface area contributed by atoms with E-state index in [1.807, 2.05) is 0 Å². The Bertz CT molecular complexity index is 140. The summed E-state index contributed by atoms with van der Waals surface area (Å²) in [7, 11) is 0. The average molecular weight is 187 g/mol. The molecular formula is C8H11Br. The summed E-state index contributed by atoms with van der Waals surface area (Å²) in [5.74, 6) is 1.89. The Balaban J connectivity index is 2.19. The van der Waals surface area contributed by atoms with Gasteiger partial charge in [0.25, 0.3) is 0 Å². The van der Waals surface area contributed by atoms with Crippen LogP contribution in [0.4, 0.5) is 0 Å². The fraction of sp³-hybridized carbons (Fsp3) is 0.750. The van der Waals surface area contributed by atoms with Gasteiger partial charge in [-0.25, -0.2) is 0 Å². The van der Waals surface area contributed by atoms with E-state index < -0.39 is 0 Å². The smallest absolute Gasteiger partial charge is 0.0353 e. The number of halogens is 1. The van der Waals surface area contributed by atoms with E-state index in [1.165, 1.54) is 19.3 Å². The van der Waals surface area contributed by atoms with Gasteiger partial charge in [0, 0.05) is 4.83 Å². The van der Waals surface area contributed by atoms with Crippen molar-refractivity contribution in [2.45, 2.75) is 24.1 Å². The molecular weight excluding hydrogens is 176 g/mol. The normalized spacial score (nSPS) is 47.9. The summed E-state index contributed by atoms with van der Waals surface area (Å²) in [5, 5.41) is 0. The van der Waals surface area contributed by atoms with E-state index in [0.29, 0.717) is 4.83 Å². The highest BCUT2D eigenvalue weighted by Gasteiger charge is 2.30. The molecule has 50 valence electrons. The van der Waals surface area contributed by atoms with Crippen LogP contribution in [-0.2, 0) is 0 Å². The van der Waals surface area contributed by atoms with Gasteiger partial charge in [0.1, 0.15) is 0 Å². The zero-order valence-electron chi connectivity index (χ0n) is 5.39.